The molecule has 31 heavy (non-hydrogen) atoms. The van der Waals surface area contributed by atoms with Crippen molar-refractivity contribution >= 4 is 21.7 Å². The molecule has 0 atom stereocenters. The Morgan fingerprint density at radius 3 is 2.39 bits per heavy atom. The van der Waals surface area contributed by atoms with Crippen LogP contribution in [0.3, 0.4) is 0 Å². The third-order valence-corrected chi connectivity index (χ3v) is 7.58. The first-order valence-corrected chi connectivity index (χ1v) is 12.0. The monoisotopic (exact) mass is 462 g/mol. The highest BCUT2D eigenvalue weighted by atomic mass is 32.2. The summed E-state index contributed by atoms with van der Waals surface area (Å²) in [5.41, 5.74) is 1.10. The summed E-state index contributed by atoms with van der Waals surface area (Å²) in [5.74, 6) is 0. The highest BCUT2D eigenvalue weighted by Crippen LogP contribution is 2.25. The van der Waals surface area contributed by atoms with Gasteiger partial charge in [0.25, 0.3) is 0 Å². The van der Waals surface area contributed by atoms with Crippen molar-refractivity contribution in [2.24, 2.45) is 0 Å². The summed E-state index contributed by atoms with van der Waals surface area (Å²) in [6.07, 6.45) is -1.16. The van der Waals surface area contributed by atoms with E-state index in [1.807, 2.05) is 0 Å². The van der Waals surface area contributed by atoms with Crippen LogP contribution in [0.15, 0.2) is 23.1 Å². The molecule has 0 spiro atoms. The second-order valence-electron chi connectivity index (χ2n) is 8.10. The second-order valence-corrected chi connectivity index (χ2v) is 10.0. The summed E-state index contributed by atoms with van der Waals surface area (Å²) in [6, 6.07) is 4.21. The number of hydrogen-bond acceptors (Lipinski definition) is 4. The van der Waals surface area contributed by atoms with Crippen LogP contribution in [-0.4, -0.2) is 80.5 Å². The van der Waals surface area contributed by atoms with Crippen LogP contribution in [0.25, 0.3) is 0 Å². The molecule has 0 saturated carbocycles. The Kier molecular flexibility index (Phi) is 7.48. The fourth-order valence-electron chi connectivity index (χ4n) is 3.93. The number of rotatable bonds is 4. The lowest BCUT2D eigenvalue weighted by molar-refractivity contribution is -0.145. The van der Waals surface area contributed by atoms with E-state index in [1.54, 1.807) is 13.0 Å². The van der Waals surface area contributed by atoms with Gasteiger partial charge >= 0.3 is 12.2 Å². The van der Waals surface area contributed by atoms with Crippen LogP contribution in [0.1, 0.15) is 31.2 Å². The topological polar surface area (TPSA) is 73.0 Å². The molecule has 174 valence electrons. The van der Waals surface area contributed by atoms with Crippen molar-refractivity contribution in [3.63, 3.8) is 0 Å². The number of carbonyl (C=O) groups excluding carboxylic acids is 1. The fourth-order valence-corrected chi connectivity index (χ4v) is 5.47. The Balaban J connectivity index is 1.68. The van der Waals surface area contributed by atoms with Gasteiger partial charge in [0, 0.05) is 45.0 Å². The van der Waals surface area contributed by atoms with Crippen LogP contribution in [-0.2, 0) is 10.0 Å². The van der Waals surface area contributed by atoms with Crippen molar-refractivity contribution < 1.29 is 26.4 Å². The number of hydrogen-bond donors (Lipinski definition) is 1. The number of halogens is 3. The molecule has 2 fully saturated rings. The zero-order valence-corrected chi connectivity index (χ0v) is 18.4. The molecule has 2 amide bonds. The molecule has 0 aromatic heterocycles. The normalized spacial score (nSPS) is 19.8. The summed E-state index contributed by atoms with van der Waals surface area (Å²) in [5, 5.41) is 2.75. The van der Waals surface area contributed by atoms with Crippen LogP contribution in [0.2, 0.25) is 0 Å². The molecule has 0 unspecified atom stereocenters. The van der Waals surface area contributed by atoms with E-state index in [9.17, 15) is 26.4 Å². The third kappa shape index (κ3) is 6.33. The lowest BCUT2D eigenvalue weighted by atomic mass is 10.2. The number of anilines is 1. The number of benzene rings is 1. The molecule has 2 heterocycles. The van der Waals surface area contributed by atoms with Gasteiger partial charge < -0.3 is 10.2 Å². The quantitative estimate of drug-likeness (QED) is 0.746. The minimum absolute atomic E-state index is 0.127. The highest BCUT2D eigenvalue weighted by Gasteiger charge is 2.32. The van der Waals surface area contributed by atoms with Gasteiger partial charge in [-0.15, -0.1) is 0 Å². The highest BCUT2D eigenvalue weighted by molar-refractivity contribution is 7.89. The number of aryl methyl sites for hydroxylation is 1. The molecule has 2 saturated heterocycles. The molecule has 3 rings (SSSR count). The zero-order chi connectivity index (χ0) is 22.6. The summed E-state index contributed by atoms with van der Waals surface area (Å²) in [7, 11) is -3.64. The minimum Gasteiger partial charge on any atom is -0.323 e. The number of alkyl halides is 3. The molecule has 2 aliphatic rings. The van der Waals surface area contributed by atoms with Gasteiger partial charge in [-0.3, -0.25) is 4.90 Å². The Hall–Kier alpha value is -1.85. The van der Waals surface area contributed by atoms with Gasteiger partial charge in [-0.1, -0.05) is 12.5 Å². The molecule has 2 aliphatic heterocycles. The SMILES string of the molecule is Cc1ccc(S(=O)(=O)N2CCCCC2)cc1NC(=O)N1CCCN(CC(F)(F)F)CC1. The summed E-state index contributed by atoms with van der Waals surface area (Å²) in [6.45, 7) is 2.66. The average Bonchev–Trinajstić information content (AvgIpc) is 2.94. The largest absolute Gasteiger partial charge is 0.401 e. The molecule has 1 aromatic carbocycles. The number of nitrogens with zero attached hydrogens (tertiary/aromatic N) is 3. The molecule has 1 N–H and O–H groups in total. The number of urea groups is 1. The summed E-state index contributed by atoms with van der Waals surface area (Å²) >= 11 is 0. The maximum atomic E-state index is 12.9. The van der Waals surface area contributed by atoms with Crippen molar-refractivity contribution in [3.05, 3.63) is 23.8 Å². The maximum absolute atomic E-state index is 12.9. The van der Waals surface area contributed by atoms with Gasteiger partial charge in [0.1, 0.15) is 0 Å². The van der Waals surface area contributed by atoms with E-state index in [4.69, 9.17) is 0 Å². The molecular formula is C20H29F3N4O3S. The number of amides is 2. The van der Waals surface area contributed by atoms with Crippen molar-refractivity contribution in [1.29, 1.82) is 0 Å². The molecule has 1 aromatic rings. The summed E-state index contributed by atoms with van der Waals surface area (Å²) < 4.78 is 65.3. The van der Waals surface area contributed by atoms with Crippen molar-refractivity contribution in [2.75, 3.05) is 51.1 Å². The number of sulfonamides is 1. The maximum Gasteiger partial charge on any atom is 0.401 e. The predicted octanol–water partition coefficient (Wildman–Crippen LogP) is 3.27. The van der Waals surface area contributed by atoms with Crippen molar-refractivity contribution in [1.82, 2.24) is 14.1 Å². The van der Waals surface area contributed by atoms with Crippen LogP contribution >= 0.6 is 0 Å². The average molecular weight is 463 g/mol. The Morgan fingerprint density at radius 2 is 1.71 bits per heavy atom. The van der Waals surface area contributed by atoms with E-state index >= 15 is 0 Å². The third-order valence-electron chi connectivity index (χ3n) is 5.68. The first-order valence-electron chi connectivity index (χ1n) is 10.5. The van der Waals surface area contributed by atoms with Gasteiger partial charge in [0.15, 0.2) is 0 Å². The Morgan fingerprint density at radius 1 is 1.00 bits per heavy atom. The minimum atomic E-state index is -4.27. The van der Waals surface area contributed by atoms with Gasteiger partial charge in [0.2, 0.25) is 10.0 Å². The van der Waals surface area contributed by atoms with Crippen molar-refractivity contribution in [3.8, 4) is 0 Å². The molecule has 11 heteroatoms. The second kappa shape index (κ2) is 9.74. The van der Waals surface area contributed by atoms with E-state index in [1.165, 1.54) is 26.2 Å². The molecule has 0 aliphatic carbocycles. The molecule has 0 radical (unpaired) electrons. The van der Waals surface area contributed by atoms with Gasteiger partial charge in [-0.05, 0) is 43.9 Å². The van der Waals surface area contributed by atoms with E-state index in [-0.39, 0.29) is 24.5 Å². The smallest absolute Gasteiger partial charge is 0.323 e. The predicted molar refractivity (Wildman–Crippen MR) is 111 cm³/mol. The van der Waals surface area contributed by atoms with E-state index in [2.05, 4.69) is 5.32 Å². The van der Waals surface area contributed by atoms with E-state index < -0.39 is 28.8 Å². The molecular weight excluding hydrogens is 433 g/mol. The fraction of sp³-hybridized carbons (Fsp3) is 0.650. The van der Waals surface area contributed by atoms with Crippen LogP contribution in [0.4, 0.5) is 23.7 Å². The van der Waals surface area contributed by atoms with Gasteiger partial charge in [0.05, 0.1) is 11.4 Å². The van der Waals surface area contributed by atoms with Crippen molar-refractivity contribution in [2.45, 2.75) is 43.7 Å². The van der Waals surface area contributed by atoms with E-state index in [0.29, 0.717) is 37.3 Å². The van der Waals surface area contributed by atoms with Crippen LogP contribution in [0, 0.1) is 6.92 Å². The lowest BCUT2D eigenvalue weighted by Gasteiger charge is -2.26. The van der Waals surface area contributed by atoms with Gasteiger partial charge in [-0.25, -0.2) is 13.2 Å². The van der Waals surface area contributed by atoms with E-state index in [0.717, 1.165) is 19.3 Å². The number of nitrogens with one attached hydrogen (secondary N) is 1. The number of piperidine rings is 1. The molecule has 0 bridgehead atoms. The standard InChI is InChI=1S/C20H29F3N4O3S/c1-16-6-7-17(31(29,30)27-10-3-2-4-11-27)14-18(16)24-19(28)26-9-5-8-25(12-13-26)15-20(21,22)23/h6-7,14H,2-5,8-13,15H2,1H3,(H,24,28). The van der Waals surface area contributed by atoms with Crippen LogP contribution in [0.5, 0.6) is 0 Å². The summed E-state index contributed by atoms with van der Waals surface area (Å²) in [4.78, 5) is 15.6. The lowest BCUT2D eigenvalue weighted by Crippen LogP contribution is -2.40. The number of carbonyl (C=O) groups is 1. The first kappa shape index (κ1) is 23.8. The molecule has 7 nitrogen and oxygen atoms in total. The van der Waals surface area contributed by atoms with Gasteiger partial charge in [-0.2, -0.15) is 17.5 Å². The van der Waals surface area contributed by atoms with Crippen LogP contribution < -0.4 is 5.32 Å². The Bertz CT molecular complexity index is 886. The first-order chi connectivity index (χ1) is 14.6. The Labute approximate surface area is 181 Å². The zero-order valence-electron chi connectivity index (χ0n) is 17.6.